The highest BCUT2D eigenvalue weighted by Crippen LogP contribution is 2.41. The number of methoxy groups -OCH3 is 3. The third kappa shape index (κ3) is 4.87. The summed E-state index contributed by atoms with van der Waals surface area (Å²) in [4.78, 5) is 12.0. The van der Waals surface area contributed by atoms with Crippen LogP contribution in [0.4, 0.5) is 0 Å². The summed E-state index contributed by atoms with van der Waals surface area (Å²) in [5, 5.41) is 11.2. The topological polar surface area (TPSA) is 105 Å². The first-order chi connectivity index (χ1) is 13.6. The largest absolute Gasteiger partial charge is 0.493 e. The average Bonchev–Trinajstić information content (AvgIpc) is 3.41. The lowest BCUT2D eigenvalue weighted by Gasteiger charge is -2.12. The monoisotopic (exact) mass is 409 g/mol. The van der Waals surface area contributed by atoms with Crippen LogP contribution in [-0.2, 0) is 9.53 Å². The Hall–Kier alpha value is -2.46. The van der Waals surface area contributed by atoms with Crippen LogP contribution in [0, 0.1) is 0 Å². The Labute approximate surface area is 167 Å². The molecule has 10 heteroatoms. The van der Waals surface area contributed by atoms with E-state index in [1.807, 2.05) is 0 Å². The number of carbonyl (C=O) groups is 1. The molecule has 1 saturated heterocycles. The van der Waals surface area contributed by atoms with Gasteiger partial charge in [-0.1, -0.05) is 11.8 Å². The fourth-order valence-corrected chi connectivity index (χ4v) is 3.39. The quantitative estimate of drug-likeness (QED) is 0.624. The Bertz CT molecular complexity index is 781. The number of nitrogens with zero attached hydrogens (tertiary/aromatic N) is 2. The molecule has 0 aliphatic carbocycles. The second-order valence-electron chi connectivity index (χ2n) is 6.01. The van der Waals surface area contributed by atoms with Gasteiger partial charge in [-0.3, -0.25) is 4.79 Å². The highest BCUT2D eigenvalue weighted by molar-refractivity contribution is 7.99. The molecule has 1 fully saturated rings. The van der Waals surface area contributed by atoms with E-state index in [-0.39, 0.29) is 17.8 Å². The van der Waals surface area contributed by atoms with Gasteiger partial charge in [0.25, 0.3) is 5.22 Å². The van der Waals surface area contributed by atoms with E-state index in [1.54, 1.807) is 12.1 Å². The van der Waals surface area contributed by atoms with Gasteiger partial charge in [0.1, 0.15) is 0 Å². The normalized spacial score (nSPS) is 16.0. The Morgan fingerprint density at radius 1 is 1.21 bits per heavy atom. The van der Waals surface area contributed by atoms with Crippen LogP contribution in [0.2, 0.25) is 0 Å². The smallest absolute Gasteiger partial charge is 0.277 e. The van der Waals surface area contributed by atoms with Crippen molar-refractivity contribution in [1.82, 2.24) is 15.5 Å². The fourth-order valence-electron chi connectivity index (χ4n) is 2.80. The van der Waals surface area contributed by atoms with Crippen LogP contribution < -0.4 is 19.5 Å². The zero-order chi connectivity index (χ0) is 19.9. The van der Waals surface area contributed by atoms with Gasteiger partial charge in [-0.05, 0) is 25.0 Å². The van der Waals surface area contributed by atoms with Gasteiger partial charge in [0, 0.05) is 18.7 Å². The Morgan fingerprint density at radius 2 is 1.96 bits per heavy atom. The average molecular weight is 409 g/mol. The van der Waals surface area contributed by atoms with Gasteiger partial charge in [0.05, 0.1) is 33.2 Å². The van der Waals surface area contributed by atoms with Gasteiger partial charge in [0.15, 0.2) is 11.5 Å². The number of thioether (sulfide) groups is 1. The highest BCUT2D eigenvalue weighted by Gasteiger charge is 2.19. The molecule has 2 aromatic rings. The van der Waals surface area contributed by atoms with Crippen molar-refractivity contribution >= 4 is 17.7 Å². The molecular formula is C18H23N3O6S. The zero-order valence-electron chi connectivity index (χ0n) is 16.0. The molecule has 0 unspecified atom stereocenters. The van der Waals surface area contributed by atoms with Crippen LogP contribution in [-0.4, -0.2) is 62.4 Å². The molecular weight excluding hydrogens is 386 g/mol. The van der Waals surface area contributed by atoms with Crippen molar-refractivity contribution in [2.45, 2.75) is 24.2 Å². The minimum Gasteiger partial charge on any atom is -0.493 e. The van der Waals surface area contributed by atoms with Gasteiger partial charge < -0.3 is 28.7 Å². The molecule has 2 heterocycles. The maximum atomic E-state index is 12.0. The lowest BCUT2D eigenvalue weighted by Crippen LogP contribution is -2.32. The number of ether oxygens (including phenoxy) is 4. The van der Waals surface area contributed by atoms with Crippen LogP contribution in [0.15, 0.2) is 21.8 Å². The second-order valence-corrected chi connectivity index (χ2v) is 6.94. The summed E-state index contributed by atoms with van der Waals surface area (Å²) in [6, 6.07) is 3.44. The summed E-state index contributed by atoms with van der Waals surface area (Å²) in [6.07, 6.45) is 2.14. The number of rotatable bonds is 9. The standard InChI is InChI=1S/C18H23N3O6S/c1-23-13-7-11(8-14(24-2)16(13)25-3)17-20-21-18(27-17)28-10-15(22)19-9-12-5-4-6-26-12/h7-8,12H,4-6,9-10H2,1-3H3,(H,19,22)/t12-/m0/s1. The third-order valence-electron chi connectivity index (χ3n) is 4.20. The molecule has 9 nitrogen and oxygen atoms in total. The highest BCUT2D eigenvalue weighted by atomic mass is 32.2. The molecule has 1 aliphatic rings. The first-order valence-electron chi connectivity index (χ1n) is 8.79. The minimum atomic E-state index is -0.104. The van der Waals surface area contributed by atoms with Crippen LogP contribution in [0.5, 0.6) is 17.2 Å². The molecule has 1 aromatic carbocycles. The van der Waals surface area contributed by atoms with Crippen LogP contribution in [0.1, 0.15) is 12.8 Å². The second kappa shape index (κ2) is 9.65. The maximum Gasteiger partial charge on any atom is 0.277 e. The number of nitrogens with one attached hydrogen (secondary N) is 1. The predicted octanol–water partition coefficient (Wildman–Crippen LogP) is 2.15. The SMILES string of the molecule is COc1cc(-c2nnc(SCC(=O)NC[C@@H]3CCCO3)o2)cc(OC)c1OC. The van der Waals surface area contributed by atoms with Crippen LogP contribution >= 0.6 is 11.8 Å². The zero-order valence-corrected chi connectivity index (χ0v) is 16.8. The van der Waals surface area contributed by atoms with Crippen LogP contribution in [0.3, 0.4) is 0 Å². The molecule has 0 spiro atoms. The van der Waals surface area contributed by atoms with Gasteiger partial charge >= 0.3 is 0 Å². The number of aromatic nitrogens is 2. The van der Waals surface area contributed by atoms with Crippen molar-refractivity contribution < 1.29 is 28.2 Å². The molecule has 1 atom stereocenters. The lowest BCUT2D eigenvalue weighted by atomic mass is 10.2. The fraction of sp³-hybridized carbons (Fsp3) is 0.500. The van der Waals surface area contributed by atoms with Gasteiger partial charge in [0.2, 0.25) is 17.5 Å². The molecule has 0 radical (unpaired) electrons. The Morgan fingerprint density at radius 3 is 2.57 bits per heavy atom. The number of benzene rings is 1. The Kier molecular flexibility index (Phi) is 6.99. The summed E-state index contributed by atoms with van der Waals surface area (Å²) < 4.78 is 27.1. The summed E-state index contributed by atoms with van der Waals surface area (Å²) >= 11 is 1.17. The van der Waals surface area contributed by atoms with Gasteiger partial charge in [-0.2, -0.15) is 0 Å². The molecule has 3 rings (SSSR count). The molecule has 1 aliphatic heterocycles. The van der Waals surface area contributed by atoms with E-state index in [0.717, 1.165) is 19.4 Å². The minimum absolute atomic E-state index is 0.104. The van der Waals surface area contributed by atoms with E-state index in [9.17, 15) is 4.79 Å². The van der Waals surface area contributed by atoms with E-state index in [4.69, 9.17) is 23.4 Å². The molecule has 1 amide bonds. The summed E-state index contributed by atoms with van der Waals surface area (Å²) in [7, 11) is 4.60. The van der Waals surface area contributed by atoms with Gasteiger partial charge in [-0.15, -0.1) is 10.2 Å². The molecule has 1 N–H and O–H groups in total. The molecule has 28 heavy (non-hydrogen) atoms. The first-order valence-corrected chi connectivity index (χ1v) is 9.78. The summed E-state index contributed by atoms with van der Waals surface area (Å²) in [6.45, 7) is 1.29. The van der Waals surface area contributed by atoms with E-state index in [1.165, 1.54) is 33.1 Å². The maximum absolute atomic E-state index is 12.0. The van der Waals surface area contributed by atoms with E-state index in [0.29, 0.717) is 40.5 Å². The van der Waals surface area contributed by atoms with Gasteiger partial charge in [-0.25, -0.2) is 0 Å². The van der Waals surface area contributed by atoms with Crippen molar-refractivity contribution in [3.8, 4) is 28.7 Å². The van der Waals surface area contributed by atoms with Crippen molar-refractivity contribution in [3.05, 3.63) is 12.1 Å². The van der Waals surface area contributed by atoms with Crippen molar-refractivity contribution in [2.75, 3.05) is 40.2 Å². The Balaban J connectivity index is 1.61. The number of amides is 1. The predicted molar refractivity (Wildman–Crippen MR) is 102 cm³/mol. The number of hydrogen-bond acceptors (Lipinski definition) is 9. The molecule has 152 valence electrons. The van der Waals surface area contributed by atoms with Crippen molar-refractivity contribution in [2.24, 2.45) is 0 Å². The summed E-state index contributed by atoms with van der Waals surface area (Å²) in [5.41, 5.74) is 0.622. The van der Waals surface area contributed by atoms with Crippen molar-refractivity contribution in [1.29, 1.82) is 0 Å². The van der Waals surface area contributed by atoms with Crippen LogP contribution in [0.25, 0.3) is 11.5 Å². The molecule has 0 bridgehead atoms. The first kappa shape index (κ1) is 20.3. The lowest BCUT2D eigenvalue weighted by molar-refractivity contribution is -0.119. The summed E-state index contributed by atoms with van der Waals surface area (Å²) in [5.74, 6) is 1.82. The molecule has 1 aromatic heterocycles. The van der Waals surface area contributed by atoms with E-state index >= 15 is 0 Å². The number of hydrogen-bond donors (Lipinski definition) is 1. The van der Waals surface area contributed by atoms with Crippen molar-refractivity contribution in [3.63, 3.8) is 0 Å². The number of carbonyl (C=O) groups excluding carboxylic acids is 1. The van der Waals surface area contributed by atoms with E-state index in [2.05, 4.69) is 15.5 Å². The molecule has 0 saturated carbocycles. The third-order valence-corrected chi connectivity index (χ3v) is 5.01. The van der Waals surface area contributed by atoms with E-state index < -0.39 is 0 Å².